The fourth-order valence-electron chi connectivity index (χ4n) is 1.78. The lowest BCUT2D eigenvalue weighted by Gasteiger charge is -2.15. The van der Waals surface area contributed by atoms with Crippen molar-refractivity contribution in [3.63, 3.8) is 0 Å². The third-order valence-electron chi connectivity index (χ3n) is 2.78. The second kappa shape index (κ2) is 4.13. The zero-order valence-corrected chi connectivity index (χ0v) is 9.88. The van der Waals surface area contributed by atoms with Crippen molar-refractivity contribution >= 4 is 10.9 Å². The highest BCUT2D eigenvalue weighted by Gasteiger charge is 2.30. The summed E-state index contributed by atoms with van der Waals surface area (Å²) in [5.41, 5.74) is 0.852. The number of benzene rings is 1. The van der Waals surface area contributed by atoms with Crippen molar-refractivity contribution in [1.29, 1.82) is 0 Å². The van der Waals surface area contributed by atoms with E-state index in [-0.39, 0.29) is 4.92 Å². The Morgan fingerprint density at radius 1 is 1.35 bits per heavy atom. The molecule has 0 unspecified atom stereocenters. The summed E-state index contributed by atoms with van der Waals surface area (Å²) in [6.45, 7) is 3.25. The summed E-state index contributed by atoms with van der Waals surface area (Å²) in [7, 11) is 0. The quantitative estimate of drug-likeness (QED) is 0.601. The predicted molar refractivity (Wildman–Crippen MR) is 66.5 cm³/mol. The van der Waals surface area contributed by atoms with Crippen molar-refractivity contribution in [2.45, 2.75) is 25.8 Å². The first-order valence-electron chi connectivity index (χ1n) is 5.47. The van der Waals surface area contributed by atoms with Gasteiger partial charge in [-0.2, -0.15) is 0 Å². The Labute approximate surface area is 99.4 Å². The molecule has 0 radical (unpaired) electrons. The molecule has 0 fully saturated rings. The van der Waals surface area contributed by atoms with Crippen LogP contribution in [0.2, 0.25) is 0 Å². The maximum atomic E-state index is 10.9. The molecule has 0 aliphatic heterocycles. The first-order chi connectivity index (χ1) is 7.99. The summed E-state index contributed by atoms with van der Waals surface area (Å²) in [5, 5.41) is 11.9. The molecule has 0 amide bonds. The van der Waals surface area contributed by atoms with Crippen LogP contribution in [0.4, 0.5) is 0 Å². The van der Waals surface area contributed by atoms with Gasteiger partial charge < -0.3 is 0 Å². The molecule has 0 aliphatic rings. The maximum Gasteiger partial charge on any atom is 0.220 e. The number of pyridine rings is 1. The van der Waals surface area contributed by atoms with Crippen LogP contribution in [-0.2, 0) is 6.42 Å². The van der Waals surface area contributed by atoms with Crippen LogP contribution >= 0.6 is 0 Å². The van der Waals surface area contributed by atoms with Crippen LogP contribution in [0.25, 0.3) is 10.9 Å². The van der Waals surface area contributed by atoms with Crippen LogP contribution in [0.5, 0.6) is 0 Å². The standard InChI is InChI=1S/C13H14N2O2/c1-13(2,15(16)17)8-10-7-11-5-3-4-6-12(11)14-9-10/h3-7,9H,8H2,1-2H3. The lowest BCUT2D eigenvalue weighted by molar-refractivity contribution is -0.560. The molecule has 17 heavy (non-hydrogen) atoms. The van der Waals surface area contributed by atoms with E-state index < -0.39 is 5.54 Å². The molecule has 1 aromatic heterocycles. The third kappa shape index (κ3) is 2.41. The maximum absolute atomic E-state index is 10.9. The Morgan fingerprint density at radius 3 is 2.76 bits per heavy atom. The van der Waals surface area contributed by atoms with Gasteiger partial charge in [-0.3, -0.25) is 15.1 Å². The zero-order chi connectivity index (χ0) is 12.5. The molecule has 0 N–H and O–H groups in total. The summed E-state index contributed by atoms with van der Waals surface area (Å²) < 4.78 is 0. The third-order valence-corrected chi connectivity index (χ3v) is 2.78. The summed E-state index contributed by atoms with van der Waals surface area (Å²) in [6, 6.07) is 9.72. The average molecular weight is 230 g/mol. The number of nitrogens with zero attached hydrogens (tertiary/aromatic N) is 2. The van der Waals surface area contributed by atoms with Gasteiger partial charge in [-0.1, -0.05) is 18.2 Å². The number of aromatic nitrogens is 1. The van der Waals surface area contributed by atoms with E-state index in [9.17, 15) is 10.1 Å². The number of rotatable bonds is 3. The van der Waals surface area contributed by atoms with Crippen molar-refractivity contribution in [3.8, 4) is 0 Å². The fraction of sp³-hybridized carbons (Fsp3) is 0.308. The summed E-state index contributed by atoms with van der Waals surface area (Å²) >= 11 is 0. The summed E-state index contributed by atoms with van der Waals surface area (Å²) in [5.74, 6) is 0. The highest BCUT2D eigenvalue weighted by molar-refractivity contribution is 5.78. The minimum Gasteiger partial charge on any atom is -0.264 e. The van der Waals surface area contributed by atoms with Gasteiger partial charge in [-0.15, -0.1) is 0 Å². The van der Waals surface area contributed by atoms with E-state index in [1.807, 2.05) is 30.3 Å². The summed E-state index contributed by atoms with van der Waals surface area (Å²) in [6.07, 6.45) is 2.10. The first-order valence-corrected chi connectivity index (χ1v) is 5.47. The van der Waals surface area contributed by atoms with E-state index in [4.69, 9.17) is 0 Å². The molecule has 1 heterocycles. The van der Waals surface area contributed by atoms with E-state index in [2.05, 4.69) is 4.98 Å². The van der Waals surface area contributed by atoms with Gasteiger partial charge in [0.25, 0.3) is 0 Å². The Balaban J connectivity index is 2.34. The molecular formula is C13H14N2O2. The molecular weight excluding hydrogens is 216 g/mol. The molecule has 2 aromatic rings. The van der Waals surface area contributed by atoms with Crippen molar-refractivity contribution in [1.82, 2.24) is 4.98 Å². The van der Waals surface area contributed by atoms with Gasteiger partial charge in [-0.25, -0.2) is 0 Å². The van der Waals surface area contributed by atoms with Crippen molar-refractivity contribution < 1.29 is 4.92 Å². The van der Waals surface area contributed by atoms with Gasteiger partial charge in [0.1, 0.15) is 0 Å². The minimum absolute atomic E-state index is 0.248. The lowest BCUT2D eigenvalue weighted by atomic mass is 9.96. The van der Waals surface area contributed by atoms with Crippen LogP contribution in [-0.4, -0.2) is 15.4 Å². The fourth-order valence-corrected chi connectivity index (χ4v) is 1.78. The number of fused-ring (bicyclic) bond motifs is 1. The van der Waals surface area contributed by atoms with Gasteiger partial charge in [0.15, 0.2) is 0 Å². The van der Waals surface area contributed by atoms with E-state index in [0.29, 0.717) is 6.42 Å². The monoisotopic (exact) mass is 230 g/mol. The smallest absolute Gasteiger partial charge is 0.220 e. The van der Waals surface area contributed by atoms with Gasteiger partial charge in [0, 0.05) is 36.8 Å². The molecule has 1 aromatic carbocycles. The Bertz CT molecular complexity index is 564. The second-order valence-corrected chi connectivity index (χ2v) is 4.78. The highest BCUT2D eigenvalue weighted by atomic mass is 16.6. The van der Waals surface area contributed by atoms with Crippen LogP contribution in [0.3, 0.4) is 0 Å². The Morgan fingerprint density at radius 2 is 2.06 bits per heavy atom. The average Bonchev–Trinajstić information content (AvgIpc) is 2.28. The van der Waals surface area contributed by atoms with Gasteiger partial charge >= 0.3 is 0 Å². The Kier molecular flexibility index (Phi) is 2.79. The number of hydrogen-bond acceptors (Lipinski definition) is 3. The normalized spacial score (nSPS) is 11.6. The number of nitro groups is 1. The van der Waals surface area contributed by atoms with Crippen molar-refractivity contribution in [2.24, 2.45) is 0 Å². The van der Waals surface area contributed by atoms with Crippen molar-refractivity contribution in [3.05, 3.63) is 52.2 Å². The molecule has 0 saturated carbocycles. The molecule has 0 atom stereocenters. The van der Waals surface area contributed by atoms with E-state index >= 15 is 0 Å². The highest BCUT2D eigenvalue weighted by Crippen LogP contribution is 2.19. The topological polar surface area (TPSA) is 56.0 Å². The predicted octanol–water partition coefficient (Wildman–Crippen LogP) is 2.83. The molecule has 2 rings (SSSR count). The molecule has 0 saturated heterocycles. The van der Waals surface area contributed by atoms with Gasteiger partial charge in [0.2, 0.25) is 5.54 Å². The van der Waals surface area contributed by atoms with E-state index in [0.717, 1.165) is 16.5 Å². The molecule has 0 aliphatic carbocycles. The number of hydrogen-bond donors (Lipinski definition) is 0. The Hall–Kier alpha value is -1.97. The van der Waals surface area contributed by atoms with Crippen LogP contribution in [0.15, 0.2) is 36.5 Å². The first kappa shape index (κ1) is 11.5. The minimum atomic E-state index is -0.954. The molecule has 88 valence electrons. The molecule has 4 heteroatoms. The largest absolute Gasteiger partial charge is 0.264 e. The van der Waals surface area contributed by atoms with E-state index in [1.165, 1.54) is 0 Å². The van der Waals surface area contributed by atoms with Crippen LogP contribution in [0, 0.1) is 10.1 Å². The van der Waals surface area contributed by atoms with Crippen LogP contribution < -0.4 is 0 Å². The zero-order valence-electron chi connectivity index (χ0n) is 9.88. The lowest BCUT2D eigenvalue weighted by Crippen LogP contribution is -2.33. The summed E-state index contributed by atoms with van der Waals surface area (Å²) in [4.78, 5) is 14.9. The van der Waals surface area contributed by atoms with Crippen molar-refractivity contribution in [2.75, 3.05) is 0 Å². The van der Waals surface area contributed by atoms with Gasteiger partial charge in [0.05, 0.1) is 5.52 Å². The van der Waals surface area contributed by atoms with Crippen LogP contribution in [0.1, 0.15) is 19.4 Å². The molecule has 4 nitrogen and oxygen atoms in total. The SMILES string of the molecule is CC(C)(Cc1cnc2ccccc2c1)[N+](=O)[O-]. The molecule has 0 spiro atoms. The number of para-hydroxylation sites is 1. The van der Waals surface area contributed by atoms with Gasteiger partial charge in [-0.05, 0) is 17.7 Å². The molecule has 0 bridgehead atoms. The second-order valence-electron chi connectivity index (χ2n) is 4.78. The van der Waals surface area contributed by atoms with E-state index in [1.54, 1.807) is 20.0 Å².